The van der Waals surface area contributed by atoms with E-state index >= 15 is 0 Å². The summed E-state index contributed by atoms with van der Waals surface area (Å²) >= 11 is 0. The first-order valence-electron chi connectivity index (χ1n) is 8.02. The number of phenolic OH excluding ortho intramolecular Hbond substituents is 1. The molecule has 0 saturated heterocycles. The first kappa shape index (κ1) is 16.9. The van der Waals surface area contributed by atoms with Gasteiger partial charge in [0, 0.05) is 16.8 Å². The van der Waals surface area contributed by atoms with Crippen molar-refractivity contribution in [2.75, 3.05) is 12.4 Å². The van der Waals surface area contributed by atoms with E-state index < -0.39 is 5.97 Å². The van der Waals surface area contributed by atoms with Gasteiger partial charge in [-0.2, -0.15) is 0 Å². The highest BCUT2D eigenvalue weighted by atomic mass is 16.5. The maximum Gasteiger partial charge on any atom is 0.337 e. The number of nitrogens with one attached hydrogen (secondary N) is 1. The Morgan fingerprint density at radius 1 is 1.32 bits per heavy atom. The van der Waals surface area contributed by atoms with E-state index in [4.69, 9.17) is 4.74 Å². The van der Waals surface area contributed by atoms with Crippen molar-refractivity contribution in [2.24, 2.45) is 0 Å². The molecule has 2 aromatic carbocycles. The minimum absolute atomic E-state index is 0.221. The van der Waals surface area contributed by atoms with E-state index in [9.17, 15) is 14.7 Å². The van der Waals surface area contributed by atoms with Crippen molar-refractivity contribution in [2.45, 2.75) is 6.82 Å². The zero-order chi connectivity index (χ0) is 18.1. The first-order valence-corrected chi connectivity index (χ1v) is 8.02. The standard InChI is InChI=1S/C18H17B2NO4/c1-20-14-7-9(6-13(19)16(14)22)5-12-11-8-10(18(24)25-2)3-4-15(11)21-17(12)23/h3-8,20,22H,19H2,1-2H3,(H,21,23)/b12-5-. The molecular weight excluding hydrogens is 316 g/mol. The number of benzene rings is 2. The van der Waals surface area contributed by atoms with Gasteiger partial charge in [0.15, 0.2) is 7.28 Å². The Bertz CT molecular complexity index is 922. The molecule has 3 rings (SSSR count). The number of carbonyl (C=O) groups is 2. The van der Waals surface area contributed by atoms with Crippen LogP contribution in [-0.4, -0.2) is 39.2 Å². The van der Waals surface area contributed by atoms with E-state index in [2.05, 4.69) is 5.32 Å². The quantitative estimate of drug-likeness (QED) is 0.473. The molecule has 0 spiro atoms. The van der Waals surface area contributed by atoms with Gasteiger partial charge in [-0.15, -0.1) is 0 Å². The second-order valence-electron chi connectivity index (χ2n) is 5.96. The topological polar surface area (TPSA) is 75.6 Å². The number of fused-ring (bicyclic) bond motifs is 1. The summed E-state index contributed by atoms with van der Waals surface area (Å²) < 4.78 is 4.74. The Morgan fingerprint density at radius 3 is 2.76 bits per heavy atom. The maximum atomic E-state index is 12.3. The smallest absolute Gasteiger partial charge is 0.337 e. The number of hydrogen-bond donors (Lipinski definition) is 2. The molecule has 2 N–H and O–H groups in total. The van der Waals surface area contributed by atoms with Gasteiger partial charge >= 0.3 is 5.97 Å². The second-order valence-corrected chi connectivity index (χ2v) is 5.96. The van der Waals surface area contributed by atoms with Gasteiger partial charge < -0.3 is 15.2 Å². The van der Waals surface area contributed by atoms with Gasteiger partial charge in [0.05, 0.1) is 12.7 Å². The number of amides is 1. The third kappa shape index (κ3) is 3.05. The van der Waals surface area contributed by atoms with Crippen LogP contribution in [0.5, 0.6) is 5.75 Å². The number of rotatable bonds is 3. The van der Waals surface area contributed by atoms with Crippen LogP contribution in [0.3, 0.4) is 0 Å². The normalized spacial score (nSPS) is 14.2. The SMILES string of the molecule is Bc1cc(/C=C2\C(=O)Nc3ccc(C(=O)OC)cc32)cc(BC)c1O. The lowest BCUT2D eigenvalue weighted by Gasteiger charge is -2.08. The maximum absolute atomic E-state index is 12.3. The zero-order valence-electron chi connectivity index (χ0n) is 14.3. The molecule has 0 fully saturated rings. The van der Waals surface area contributed by atoms with Gasteiger partial charge in [-0.1, -0.05) is 19.0 Å². The fraction of sp³-hybridized carbons (Fsp3) is 0.111. The summed E-state index contributed by atoms with van der Waals surface area (Å²) in [4.78, 5) is 24.1. The lowest BCUT2D eigenvalue weighted by molar-refractivity contribution is -0.110. The molecule has 1 amide bonds. The van der Waals surface area contributed by atoms with Crippen LogP contribution in [0.1, 0.15) is 21.5 Å². The number of esters is 1. The highest BCUT2D eigenvalue weighted by Crippen LogP contribution is 2.34. The Labute approximate surface area is 147 Å². The molecule has 0 saturated carbocycles. The molecule has 0 aliphatic carbocycles. The lowest BCUT2D eigenvalue weighted by atomic mass is 9.70. The number of anilines is 1. The van der Waals surface area contributed by atoms with Crippen LogP contribution >= 0.6 is 0 Å². The predicted molar refractivity (Wildman–Crippen MR) is 103 cm³/mol. The largest absolute Gasteiger partial charge is 0.509 e. The molecule has 2 aromatic rings. The summed E-state index contributed by atoms with van der Waals surface area (Å²) in [5, 5.41) is 12.9. The minimum atomic E-state index is -0.449. The molecule has 124 valence electrons. The molecule has 1 heterocycles. The first-order chi connectivity index (χ1) is 11.9. The Kier molecular flexibility index (Phi) is 4.40. The van der Waals surface area contributed by atoms with Gasteiger partial charge in [0.2, 0.25) is 0 Å². The van der Waals surface area contributed by atoms with Crippen molar-refractivity contribution in [3.05, 3.63) is 47.0 Å². The van der Waals surface area contributed by atoms with Crippen molar-refractivity contribution in [1.82, 2.24) is 0 Å². The van der Waals surface area contributed by atoms with Crippen molar-refractivity contribution in [3.63, 3.8) is 0 Å². The van der Waals surface area contributed by atoms with Crippen LogP contribution in [0, 0.1) is 0 Å². The van der Waals surface area contributed by atoms with E-state index in [1.165, 1.54) is 7.11 Å². The van der Waals surface area contributed by atoms with Crippen LogP contribution in [-0.2, 0) is 9.53 Å². The van der Waals surface area contributed by atoms with E-state index in [-0.39, 0.29) is 11.7 Å². The van der Waals surface area contributed by atoms with Crippen molar-refractivity contribution < 1.29 is 19.4 Å². The molecular formula is C18H17B2NO4. The highest BCUT2D eigenvalue weighted by molar-refractivity contribution is 6.55. The third-order valence-electron chi connectivity index (χ3n) is 4.32. The Balaban J connectivity index is 2.10. The predicted octanol–water partition coefficient (Wildman–Crippen LogP) is 0.0398. The summed E-state index contributed by atoms with van der Waals surface area (Å²) in [5.74, 6) is -0.384. The van der Waals surface area contributed by atoms with Crippen LogP contribution in [0.15, 0.2) is 30.3 Å². The average molecular weight is 333 g/mol. The summed E-state index contributed by atoms with van der Waals surface area (Å²) in [6.07, 6.45) is 1.77. The molecule has 1 aliphatic heterocycles. The van der Waals surface area contributed by atoms with Crippen molar-refractivity contribution >= 4 is 55.3 Å². The number of hydrogen-bond acceptors (Lipinski definition) is 4. The number of ether oxygens (including phenoxy) is 1. The van der Waals surface area contributed by atoms with Crippen LogP contribution in [0.4, 0.5) is 5.69 Å². The number of phenols is 1. The highest BCUT2D eigenvalue weighted by Gasteiger charge is 2.25. The molecule has 25 heavy (non-hydrogen) atoms. The zero-order valence-corrected chi connectivity index (χ0v) is 14.3. The van der Waals surface area contributed by atoms with E-state index in [1.807, 2.05) is 26.8 Å². The fourth-order valence-corrected chi connectivity index (χ4v) is 2.98. The van der Waals surface area contributed by atoms with Gasteiger partial charge in [0.1, 0.15) is 13.6 Å². The molecule has 7 heteroatoms. The van der Waals surface area contributed by atoms with Gasteiger partial charge in [-0.25, -0.2) is 4.79 Å². The monoisotopic (exact) mass is 333 g/mol. The summed E-state index contributed by atoms with van der Waals surface area (Å²) in [6.45, 7) is 1.96. The molecule has 0 radical (unpaired) electrons. The molecule has 0 unspecified atom stereocenters. The number of aromatic hydroxyl groups is 1. The molecule has 1 aliphatic rings. The van der Waals surface area contributed by atoms with Crippen LogP contribution < -0.4 is 16.2 Å². The van der Waals surface area contributed by atoms with Gasteiger partial charge in [-0.05, 0) is 40.8 Å². The van der Waals surface area contributed by atoms with Crippen molar-refractivity contribution in [1.29, 1.82) is 0 Å². The number of methoxy groups -OCH3 is 1. The number of carbonyl (C=O) groups excluding carboxylic acids is 2. The van der Waals surface area contributed by atoms with E-state index in [0.717, 1.165) is 16.5 Å². The third-order valence-corrected chi connectivity index (χ3v) is 4.32. The average Bonchev–Trinajstić information content (AvgIpc) is 2.92. The van der Waals surface area contributed by atoms with Crippen LogP contribution in [0.2, 0.25) is 6.82 Å². The Morgan fingerprint density at radius 2 is 2.08 bits per heavy atom. The molecule has 0 aromatic heterocycles. The molecule has 0 atom stereocenters. The van der Waals surface area contributed by atoms with Gasteiger partial charge in [-0.3, -0.25) is 4.79 Å². The lowest BCUT2D eigenvalue weighted by Crippen LogP contribution is -2.20. The summed E-state index contributed by atoms with van der Waals surface area (Å²) in [6, 6.07) is 8.66. The minimum Gasteiger partial charge on any atom is -0.509 e. The van der Waals surface area contributed by atoms with E-state index in [0.29, 0.717) is 29.7 Å². The summed E-state index contributed by atoms with van der Waals surface area (Å²) in [5.41, 5.74) is 4.61. The van der Waals surface area contributed by atoms with E-state index in [1.54, 1.807) is 24.3 Å². The van der Waals surface area contributed by atoms with Crippen molar-refractivity contribution in [3.8, 4) is 5.75 Å². The fourth-order valence-electron chi connectivity index (χ4n) is 2.98. The molecule has 0 bridgehead atoms. The van der Waals surface area contributed by atoms with Crippen LogP contribution in [0.25, 0.3) is 11.6 Å². The molecule has 5 nitrogen and oxygen atoms in total. The second kappa shape index (κ2) is 6.51. The van der Waals surface area contributed by atoms with Gasteiger partial charge in [0.25, 0.3) is 5.91 Å². The summed E-state index contributed by atoms with van der Waals surface area (Å²) in [7, 11) is 3.84. The Hall–Kier alpha value is -2.95.